The SMILES string of the molecule is O=S(=O)(O)C(F)(F)C(F)(F)C(F)(F)C(F)(F)C(F)(F)C(F)(F)F.[Zn]. The fraction of sp³-hybridized carbons (Fsp3) is 1.00. The second kappa shape index (κ2) is 6.11. The van der Waals surface area contributed by atoms with E-state index in [0.29, 0.717) is 0 Å². The molecule has 18 heteroatoms. The van der Waals surface area contributed by atoms with Gasteiger partial charge in [-0.1, -0.05) is 0 Å². The Morgan fingerprint density at radius 3 is 1.00 bits per heavy atom. The Balaban J connectivity index is 0. The standard InChI is InChI=1S/C6HF13O3S.Zn/c7-1(8,3(11,12)5(15,16)17)2(9,10)4(13,14)6(18,19)23(20,21)22;/h(H,20,21,22);. The number of hydrogen-bond acceptors (Lipinski definition) is 2. The van der Waals surface area contributed by atoms with Gasteiger partial charge in [-0.05, 0) is 0 Å². The van der Waals surface area contributed by atoms with Gasteiger partial charge in [-0.25, -0.2) is 0 Å². The van der Waals surface area contributed by atoms with Crippen molar-refractivity contribution < 1.29 is 89.5 Å². The molecule has 0 atom stereocenters. The van der Waals surface area contributed by atoms with Gasteiger partial charge in [0.05, 0.1) is 0 Å². The molecule has 0 aromatic rings. The summed E-state index contributed by atoms with van der Waals surface area (Å²) < 4.78 is 188. The Morgan fingerprint density at radius 1 is 0.542 bits per heavy atom. The molecule has 0 saturated carbocycles. The molecule has 0 rings (SSSR count). The van der Waals surface area contributed by atoms with Crippen molar-refractivity contribution >= 4 is 10.1 Å². The van der Waals surface area contributed by atoms with Gasteiger partial charge in [0, 0.05) is 19.5 Å². The summed E-state index contributed by atoms with van der Waals surface area (Å²) in [5.41, 5.74) is 0. The predicted molar refractivity (Wildman–Crippen MR) is 42.3 cm³/mol. The van der Waals surface area contributed by atoms with Gasteiger partial charge in [0.25, 0.3) is 0 Å². The van der Waals surface area contributed by atoms with E-state index in [9.17, 15) is 65.5 Å². The van der Waals surface area contributed by atoms with Crippen LogP contribution in [-0.2, 0) is 29.6 Å². The number of halogens is 13. The van der Waals surface area contributed by atoms with Gasteiger partial charge in [-0.3, -0.25) is 4.55 Å². The number of rotatable bonds is 5. The van der Waals surface area contributed by atoms with Gasteiger partial charge in [-0.2, -0.15) is 65.5 Å². The maximum absolute atomic E-state index is 12.7. The van der Waals surface area contributed by atoms with Crippen molar-refractivity contribution in [2.24, 2.45) is 0 Å². The van der Waals surface area contributed by atoms with Crippen LogP contribution in [0.5, 0.6) is 0 Å². The zero-order valence-corrected chi connectivity index (χ0v) is 14.1. The fourth-order valence-corrected chi connectivity index (χ4v) is 1.37. The summed E-state index contributed by atoms with van der Waals surface area (Å²) in [4.78, 5) is 0. The largest absolute Gasteiger partial charge is 0.460 e. The smallest absolute Gasteiger partial charge is 0.281 e. The van der Waals surface area contributed by atoms with Crippen molar-refractivity contribution in [2.45, 2.75) is 35.1 Å². The molecule has 0 unspecified atom stereocenters. The second-order valence-electron chi connectivity index (χ2n) is 3.79. The van der Waals surface area contributed by atoms with Gasteiger partial charge in [0.1, 0.15) is 0 Å². The molecule has 0 aliphatic carbocycles. The molecule has 0 spiro atoms. The molecule has 0 fully saturated rings. The quantitative estimate of drug-likeness (QED) is 0.384. The molecule has 0 bridgehead atoms. The summed E-state index contributed by atoms with van der Waals surface area (Å²) in [7, 11) is -7.61. The Bertz CT molecular complexity index is 565. The zero-order chi connectivity index (χ0) is 19.5. The summed E-state index contributed by atoms with van der Waals surface area (Å²) in [5.74, 6) is -32.5. The minimum Gasteiger partial charge on any atom is -0.281 e. The van der Waals surface area contributed by atoms with Crippen LogP contribution in [0.3, 0.4) is 0 Å². The number of alkyl halides is 13. The molecule has 0 aromatic carbocycles. The Morgan fingerprint density at radius 2 is 0.792 bits per heavy atom. The molecule has 0 amide bonds. The first-order chi connectivity index (χ1) is 9.50. The van der Waals surface area contributed by atoms with Gasteiger partial charge in [0.2, 0.25) is 0 Å². The van der Waals surface area contributed by atoms with Crippen LogP contribution in [0.4, 0.5) is 57.1 Å². The van der Waals surface area contributed by atoms with Gasteiger partial charge >= 0.3 is 45.2 Å². The molecule has 3 nitrogen and oxygen atoms in total. The second-order valence-corrected chi connectivity index (χ2v) is 5.25. The maximum atomic E-state index is 12.7. The minimum absolute atomic E-state index is 0. The molecular formula is C6HF13O3SZn. The van der Waals surface area contributed by atoms with Crippen molar-refractivity contribution in [3.05, 3.63) is 0 Å². The molecule has 0 radical (unpaired) electrons. The van der Waals surface area contributed by atoms with Crippen molar-refractivity contribution in [3.63, 3.8) is 0 Å². The van der Waals surface area contributed by atoms with E-state index in [1.54, 1.807) is 0 Å². The monoisotopic (exact) mass is 464 g/mol. The summed E-state index contributed by atoms with van der Waals surface area (Å²) in [6, 6.07) is 0. The fourth-order valence-electron chi connectivity index (χ4n) is 0.917. The molecule has 142 valence electrons. The van der Waals surface area contributed by atoms with E-state index >= 15 is 0 Å². The van der Waals surface area contributed by atoms with E-state index in [4.69, 9.17) is 4.55 Å². The third-order valence-electron chi connectivity index (χ3n) is 2.23. The summed E-state index contributed by atoms with van der Waals surface area (Å²) >= 11 is 0. The van der Waals surface area contributed by atoms with E-state index in [-0.39, 0.29) is 19.5 Å². The van der Waals surface area contributed by atoms with Crippen LogP contribution in [0.1, 0.15) is 0 Å². The Labute approximate surface area is 135 Å². The van der Waals surface area contributed by atoms with E-state index < -0.39 is 45.2 Å². The Hall–Kier alpha value is -0.377. The first kappa shape index (κ1) is 25.9. The van der Waals surface area contributed by atoms with E-state index in [1.165, 1.54) is 0 Å². The molecule has 0 aliphatic heterocycles. The van der Waals surface area contributed by atoms with E-state index in [0.717, 1.165) is 0 Å². The van der Waals surface area contributed by atoms with Gasteiger partial charge in [-0.15, -0.1) is 0 Å². The van der Waals surface area contributed by atoms with Gasteiger partial charge in [0.15, 0.2) is 0 Å². The first-order valence-corrected chi connectivity index (χ1v) is 5.87. The van der Waals surface area contributed by atoms with E-state index in [2.05, 4.69) is 0 Å². The maximum Gasteiger partial charge on any atom is 0.460 e. The Kier molecular flexibility index (Phi) is 6.58. The average molecular weight is 466 g/mol. The predicted octanol–water partition coefficient (Wildman–Crippen LogP) is 3.57. The van der Waals surface area contributed by atoms with Gasteiger partial charge < -0.3 is 0 Å². The van der Waals surface area contributed by atoms with Crippen LogP contribution in [0.15, 0.2) is 0 Å². The third kappa shape index (κ3) is 3.20. The molecule has 24 heavy (non-hydrogen) atoms. The van der Waals surface area contributed by atoms with Crippen LogP contribution >= 0.6 is 0 Å². The molecule has 0 heterocycles. The molecule has 0 aliphatic rings. The summed E-state index contributed by atoms with van der Waals surface area (Å²) in [6.45, 7) is 0. The molecule has 0 aromatic heterocycles. The molecule has 1 N–H and O–H groups in total. The van der Waals surface area contributed by atoms with Crippen molar-refractivity contribution in [1.82, 2.24) is 0 Å². The van der Waals surface area contributed by atoms with Crippen LogP contribution < -0.4 is 0 Å². The summed E-state index contributed by atoms with van der Waals surface area (Å²) in [5, 5.41) is -7.52. The molecular weight excluding hydrogens is 464 g/mol. The first-order valence-electron chi connectivity index (χ1n) is 4.43. The van der Waals surface area contributed by atoms with Crippen LogP contribution in [0.25, 0.3) is 0 Å². The summed E-state index contributed by atoms with van der Waals surface area (Å²) in [6.07, 6.45) is -7.59. The normalized spacial score (nSPS) is 15.9. The van der Waals surface area contributed by atoms with E-state index in [1.807, 2.05) is 0 Å². The van der Waals surface area contributed by atoms with Crippen molar-refractivity contribution in [3.8, 4) is 0 Å². The van der Waals surface area contributed by atoms with Crippen LogP contribution in [0, 0.1) is 0 Å². The van der Waals surface area contributed by atoms with Crippen molar-refractivity contribution in [2.75, 3.05) is 0 Å². The minimum atomic E-state index is -8.25. The van der Waals surface area contributed by atoms with Crippen LogP contribution in [0.2, 0.25) is 0 Å². The van der Waals surface area contributed by atoms with Crippen molar-refractivity contribution in [1.29, 1.82) is 0 Å². The topological polar surface area (TPSA) is 54.4 Å². The average Bonchev–Trinajstić information content (AvgIpc) is 2.24. The zero-order valence-electron chi connectivity index (χ0n) is 10.3. The number of hydrogen-bond donors (Lipinski definition) is 1. The van der Waals surface area contributed by atoms with Crippen LogP contribution in [-0.4, -0.2) is 48.1 Å². The molecule has 0 saturated heterocycles. The third-order valence-corrected chi connectivity index (χ3v) is 3.13.